The van der Waals surface area contributed by atoms with Crippen molar-refractivity contribution in [2.75, 3.05) is 0 Å². The van der Waals surface area contributed by atoms with Crippen molar-refractivity contribution in [1.82, 2.24) is 0 Å². The first-order valence-corrected chi connectivity index (χ1v) is 13.0. The number of hydrogen-bond acceptors (Lipinski definition) is 0. The molecule has 2 fully saturated rings. The van der Waals surface area contributed by atoms with Gasteiger partial charge < -0.3 is 0 Å². The normalized spacial score (nSPS) is 27.8. The second-order valence-electron chi connectivity index (χ2n) is 10.3. The topological polar surface area (TPSA) is 0 Å². The quantitative estimate of drug-likeness (QED) is 0.343. The van der Waals surface area contributed by atoms with E-state index in [2.05, 4.69) is 26.0 Å². The molecule has 0 nitrogen and oxygen atoms in total. The molecule has 0 saturated heterocycles. The maximum Gasteiger partial charge on any atom is 0.126 e. The Labute approximate surface area is 180 Å². The lowest BCUT2D eigenvalue weighted by atomic mass is 9.76. The van der Waals surface area contributed by atoms with Gasteiger partial charge in [0.2, 0.25) is 0 Å². The van der Waals surface area contributed by atoms with E-state index in [0.29, 0.717) is 5.92 Å². The van der Waals surface area contributed by atoms with Gasteiger partial charge in [0.15, 0.2) is 0 Å². The van der Waals surface area contributed by atoms with Crippen LogP contribution < -0.4 is 0 Å². The Kier molecular flexibility index (Phi) is 9.53. The van der Waals surface area contributed by atoms with Crippen LogP contribution in [0.3, 0.4) is 0 Å². The summed E-state index contributed by atoms with van der Waals surface area (Å²) in [6.07, 6.45) is 21.1. The standard InChI is InChI=1S/C28H45F/c1-3-5-6-8-23-15-18-26(19-16-23)27-20-17-25(21-28(27)29)14-13-24-11-9-22(7-4-2)10-12-24/h17,20-24,26H,3-16,18-19H2,1-2H3. The molecule has 0 unspecified atom stereocenters. The molecule has 1 heteroatoms. The molecule has 0 bridgehead atoms. The zero-order valence-electron chi connectivity index (χ0n) is 19.2. The summed E-state index contributed by atoms with van der Waals surface area (Å²) < 4.78 is 14.9. The van der Waals surface area contributed by atoms with Crippen molar-refractivity contribution in [3.63, 3.8) is 0 Å². The third-order valence-electron chi connectivity index (χ3n) is 8.07. The van der Waals surface area contributed by atoms with Gasteiger partial charge in [-0.3, -0.25) is 0 Å². The minimum absolute atomic E-state index is 0.0728. The molecule has 2 aliphatic rings. The van der Waals surface area contributed by atoms with Crippen LogP contribution in [0.4, 0.5) is 4.39 Å². The van der Waals surface area contributed by atoms with Gasteiger partial charge in [0.25, 0.3) is 0 Å². The second kappa shape index (κ2) is 12.1. The highest BCUT2D eigenvalue weighted by Gasteiger charge is 2.24. The lowest BCUT2D eigenvalue weighted by Gasteiger charge is -2.29. The molecule has 0 amide bonds. The van der Waals surface area contributed by atoms with E-state index >= 15 is 0 Å². The minimum Gasteiger partial charge on any atom is -0.207 e. The Morgan fingerprint density at radius 3 is 1.97 bits per heavy atom. The fraction of sp³-hybridized carbons (Fsp3) is 0.786. The summed E-state index contributed by atoms with van der Waals surface area (Å²) in [4.78, 5) is 0. The first-order chi connectivity index (χ1) is 14.2. The van der Waals surface area contributed by atoms with Gasteiger partial charge in [-0.05, 0) is 79.4 Å². The van der Waals surface area contributed by atoms with Crippen LogP contribution in [0, 0.1) is 23.6 Å². The highest BCUT2D eigenvalue weighted by atomic mass is 19.1. The molecule has 2 saturated carbocycles. The molecule has 0 heterocycles. The third-order valence-corrected chi connectivity index (χ3v) is 8.07. The molecule has 1 aromatic carbocycles. The SMILES string of the molecule is CCCCCC1CCC(c2ccc(CCC3CCC(CCC)CC3)cc2F)CC1. The average molecular weight is 401 g/mol. The van der Waals surface area contributed by atoms with Gasteiger partial charge in [-0.25, -0.2) is 4.39 Å². The Bertz CT molecular complexity index is 576. The van der Waals surface area contributed by atoms with E-state index in [9.17, 15) is 4.39 Å². The number of aryl methyl sites for hydroxylation is 1. The number of hydrogen-bond donors (Lipinski definition) is 0. The summed E-state index contributed by atoms with van der Waals surface area (Å²) >= 11 is 0. The van der Waals surface area contributed by atoms with E-state index in [1.165, 1.54) is 102 Å². The second-order valence-corrected chi connectivity index (χ2v) is 10.3. The highest BCUT2D eigenvalue weighted by molar-refractivity contribution is 5.28. The van der Waals surface area contributed by atoms with E-state index in [1.807, 2.05) is 6.07 Å². The van der Waals surface area contributed by atoms with Gasteiger partial charge in [0.1, 0.15) is 5.82 Å². The molecule has 0 aromatic heterocycles. The maximum atomic E-state index is 14.9. The summed E-state index contributed by atoms with van der Waals surface area (Å²) in [6.45, 7) is 4.59. The zero-order valence-corrected chi connectivity index (χ0v) is 19.2. The third kappa shape index (κ3) is 7.11. The van der Waals surface area contributed by atoms with Crippen LogP contribution in [0.2, 0.25) is 0 Å². The van der Waals surface area contributed by atoms with Crippen LogP contribution in [0.25, 0.3) is 0 Å². The van der Waals surface area contributed by atoms with Crippen molar-refractivity contribution in [3.8, 4) is 0 Å². The van der Waals surface area contributed by atoms with Crippen LogP contribution >= 0.6 is 0 Å². The Morgan fingerprint density at radius 2 is 1.34 bits per heavy atom. The van der Waals surface area contributed by atoms with E-state index in [0.717, 1.165) is 29.7 Å². The Hall–Kier alpha value is -0.850. The van der Waals surface area contributed by atoms with Crippen LogP contribution in [0.5, 0.6) is 0 Å². The molecule has 1 aromatic rings. The van der Waals surface area contributed by atoms with Crippen molar-refractivity contribution in [2.24, 2.45) is 17.8 Å². The summed E-state index contributed by atoms with van der Waals surface area (Å²) in [5.41, 5.74) is 2.22. The van der Waals surface area contributed by atoms with E-state index in [-0.39, 0.29) is 5.82 Å². The molecular weight excluding hydrogens is 355 g/mol. The first-order valence-electron chi connectivity index (χ1n) is 13.0. The van der Waals surface area contributed by atoms with Gasteiger partial charge in [0, 0.05) is 0 Å². The molecular formula is C28H45F. The molecule has 0 aliphatic heterocycles. The predicted molar refractivity (Wildman–Crippen MR) is 124 cm³/mol. The van der Waals surface area contributed by atoms with E-state index in [4.69, 9.17) is 0 Å². The molecule has 0 radical (unpaired) electrons. The van der Waals surface area contributed by atoms with Crippen molar-refractivity contribution in [1.29, 1.82) is 0 Å². The Balaban J connectivity index is 1.42. The lowest BCUT2D eigenvalue weighted by molar-refractivity contribution is 0.252. The van der Waals surface area contributed by atoms with Gasteiger partial charge in [-0.2, -0.15) is 0 Å². The van der Waals surface area contributed by atoms with Crippen LogP contribution in [0.15, 0.2) is 18.2 Å². The minimum atomic E-state index is 0.0728. The van der Waals surface area contributed by atoms with Crippen molar-refractivity contribution in [3.05, 3.63) is 35.1 Å². The van der Waals surface area contributed by atoms with E-state index < -0.39 is 0 Å². The summed E-state index contributed by atoms with van der Waals surface area (Å²) in [5.74, 6) is 3.28. The molecule has 0 N–H and O–H groups in total. The fourth-order valence-electron chi connectivity index (χ4n) is 6.09. The maximum absolute atomic E-state index is 14.9. The number of benzene rings is 1. The monoisotopic (exact) mass is 400 g/mol. The predicted octanol–water partition coefficient (Wildman–Crippen LogP) is 9.22. The highest BCUT2D eigenvalue weighted by Crippen LogP contribution is 2.39. The first kappa shape index (κ1) is 22.8. The number of halogens is 1. The van der Waals surface area contributed by atoms with Gasteiger partial charge >= 0.3 is 0 Å². The zero-order chi connectivity index (χ0) is 20.5. The Morgan fingerprint density at radius 1 is 0.724 bits per heavy atom. The van der Waals surface area contributed by atoms with Gasteiger partial charge in [-0.15, -0.1) is 0 Å². The summed E-state index contributed by atoms with van der Waals surface area (Å²) in [7, 11) is 0. The average Bonchev–Trinajstić information content (AvgIpc) is 2.74. The molecule has 0 atom stereocenters. The lowest BCUT2D eigenvalue weighted by Crippen LogP contribution is -2.15. The van der Waals surface area contributed by atoms with Crippen molar-refractivity contribution >= 4 is 0 Å². The van der Waals surface area contributed by atoms with Gasteiger partial charge in [0.05, 0.1) is 0 Å². The van der Waals surface area contributed by atoms with Crippen LogP contribution in [0.1, 0.15) is 127 Å². The summed E-state index contributed by atoms with van der Waals surface area (Å²) in [5, 5.41) is 0. The van der Waals surface area contributed by atoms with E-state index in [1.54, 1.807) is 0 Å². The molecule has 0 spiro atoms. The molecule has 2 aliphatic carbocycles. The van der Waals surface area contributed by atoms with Crippen LogP contribution in [-0.2, 0) is 6.42 Å². The smallest absolute Gasteiger partial charge is 0.126 e. The molecule has 164 valence electrons. The molecule has 3 rings (SSSR count). The largest absolute Gasteiger partial charge is 0.207 e. The number of unbranched alkanes of at least 4 members (excludes halogenated alkanes) is 2. The van der Waals surface area contributed by atoms with Crippen molar-refractivity contribution < 1.29 is 4.39 Å². The molecule has 29 heavy (non-hydrogen) atoms. The van der Waals surface area contributed by atoms with Crippen molar-refractivity contribution in [2.45, 2.75) is 122 Å². The van der Waals surface area contributed by atoms with Gasteiger partial charge in [-0.1, -0.05) is 90.2 Å². The summed E-state index contributed by atoms with van der Waals surface area (Å²) in [6, 6.07) is 6.23. The fourth-order valence-corrected chi connectivity index (χ4v) is 6.09. The van der Waals surface area contributed by atoms with Crippen LogP contribution in [-0.4, -0.2) is 0 Å². The number of rotatable bonds is 10.